The Morgan fingerprint density at radius 1 is 1.41 bits per heavy atom. The van der Waals surface area contributed by atoms with Crippen molar-refractivity contribution in [1.29, 1.82) is 0 Å². The lowest BCUT2D eigenvalue weighted by atomic mass is 10.1. The van der Waals surface area contributed by atoms with Crippen molar-refractivity contribution in [3.8, 4) is 0 Å². The predicted molar refractivity (Wildman–Crippen MR) is 78.7 cm³/mol. The van der Waals surface area contributed by atoms with Gasteiger partial charge in [-0.15, -0.1) is 0 Å². The molecule has 0 saturated heterocycles. The SMILES string of the molecule is CC(=O)c1cccc(NC(=O)C(C)n2cc([N+](=O)[O-])cn2)c1. The first-order chi connectivity index (χ1) is 10.4. The van der Waals surface area contributed by atoms with Crippen molar-refractivity contribution in [2.45, 2.75) is 19.9 Å². The van der Waals surface area contributed by atoms with E-state index in [-0.39, 0.29) is 11.5 Å². The fourth-order valence-electron chi connectivity index (χ4n) is 1.82. The highest BCUT2D eigenvalue weighted by molar-refractivity contribution is 5.97. The molecule has 8 nitrogen and oxygen atoms in total. The fraction of sp³-hybridized carbons (Fsp3) is 0.214. The molecule has 1 aromatic heterocycles. The van der Waals surface area contributed by atoms with Gasteiger partial charge in [0, 0.05) is 11.3 Å². The van der Waals surface area contributed by atoms with Gasteiger partial charge in [-0.05, 0) is 26.0 Å². The average Bonchev–Trinajstić information content (AvgIpc) is 2.96. The molecule has 1 atom stereocenters. The molecule has 0 spiro atoms. The van der Waals surface area contributed by atoms with Gasteiger partial charge >= 0.3 is 5.69 Å². The number of rotatable bonds is 5. The number of anilines is 1. The number of nitrogens with one attached hydrogen (secondary N) is 1. The van der Waals surface area contributed by atoms with Crippen LogP contribution >= 0.6 is 0 Å². The van der Waals surface area contributed by atoms with Crippen molar-refractivity contribution in [3.63, 3.8) is 0 Å². The summed E-state index contributed by atoms with van der Waals surface area (Å²) in [6.07, 6.45) is 2.27. The third kappa shape index (κ3) is 3.35. The predicted octanol–water partition coefficient (Wildman–Crippen LogP) is 2.19. The molecule has 1 heterocycles. The number of carbonyl (C=O) groups is 2. The molecule has 2 aromatic rings. The number of aromatic nitrogens is 2. The second-order valence-electron chi connectivity index (χ2n) is 4.74. The Morgan fingerprint density at radius 2 is 2.14 bits per heavy atom. The lowest BCUT2D eigenvalue weighted by molar-refractivity contribution is -0.385. The van der Waals surface area contributed by atoms with Crippen LogP contribution < -0.4 is 5.32 Å². The van der Waals surface area contributed by atoms with Crippen LogP contribution in [0.25, 0.3) is 0 Å². The van der Waals surface area contributed by atoms with E-state index in [0.717, 1.165) is 6.20 Å². The van der Waals surface area contributed by atoms with Gasteiger partial charge in [0.05, 0.1) is 4.92 Å². The van der Waals surface area contributed by atoms with Gasteiger partial charge in [-0.1, -0.05) is 12.1 Å². The van der Waals surface area contributed by atoms with Crippen molar-refractivity contribution in [2.24, 2.45) is 0 Å². The van der Waals surface area contributed by atoms with E-state index in [2.05, 4.69) is 10.4 Å². The Bertz CT molecular complexity index is 738. The molecule has 114 valence electrons. The van der Waals surface area contributed by atoms with Crippen LogP contribution in [0.3, 0.4) is 0 Å². The Hall–Kier alpha value is -3.03. The number of nitro groups is 1. The molecule has 1 aromatic carbocycles. The summed E-state index contributed by atoms with van der Waals surface area (Å²) in [5.41, 5.74) is 0.782. The van der Waals surface area contributed by atoms with E-state index in [1.807, 2.05) is 0 Å². The van der Waals surface area contributed by atoms with Crippen molar-refractivity contribution in [3.05, 3.63) is 52.3 Å². The van der Waals surface area contributed by atoms with Gasteiger partial charge in [-0.25, -0.2) is 0 Å². The first-order valence-corrected chi connectivity index (χ1v) is 6.49. The van der Waals surface area contributed by atoms with Crippen LogP contribution in [0.4, 0.5) is 11.4 Å². The second-order valence-corrected chi connectivity index (χ2v) is 4.74. The molecule has 1 unspecified atom stereocenters. The molecule has 0 saturated carbocycles. The number of hydrogen-bond acceptors (Lipinski definition) is 5. The highest BCUT2D eigenvalue weighted by atomic mass is 16.6. The molecule has 8 heteroatoms. The quantitative estimate of drug-likeness (QED) is 0.517. The lowest BCUT2D eigenvalue weighted by Gasteiger charge is -2.12. The molecule has 22 heavy (non-hydrogen) atoms. The molecule has 0 aliphatic carbocycles. The van der Waals surface area contributed by atoms with E-state index < -0.39 is 16.9 Å². The van der Waals surface area contributed by atoms with Crippen LogP contribution in [0, 0.1) is 10.1 Å². The van der Waals surface area contributed by atoms with Crippen LogP contribution in [0.15, 0.2) is 36.7 Å². The van der Waals surface area contributed by atoms with Gasteiger partial charge in [-0.3, -0.25) is 24.4 Å². The zero-order valence-corrected chi connectivity index (χ0v) is 12.0. The number of ketones is 1. The summed E-state index contributed by atoms with van der Waals surface area (Å²) in [4.78, 5) is 33.5. The number of hydrogen-bond donors (Lipinski definition) is 1. The number of carbonyl (C=O) groups excluding carboxylic acids is 2. The number of nitrogens with zero attached hydrogens (tertiary/aromatic N) is 3. The highest BCUT2D eigenvalue weighted by Gasteiger charge is 2.19. The van der Waals surface area contributed by atoms with Gasteiger partial charge in [0.15, 0.2) is 5.78 Å². The van der Waals surface area contributed by atoms with E-state index in [4.69, 9.17) is 0 Å². The Morgan fingerprint density at radius 3 is 2.73 bits per heavy atom. The summed E-state index contributed by atoms with van der Waals surface area (Å²) in [6, 6.07) is 5.81. The van der Waals surface area contributed by atoms with Gasteiger partial charge in [0.2, 0.25) is 5.91 Å². The molecule has 0 bridgehead atoms. The third-order valence-corrected chi connectivity index (χ3v) is 3.11. The largest absolute Gasteiger partial charge is 0.324 e. The standard InChI is InChI=1S/C14H14N4O4/c1-9(17-8-13(7-15-17)18(21)22)14(20)16-12-5-3-4-11(6-12)10(2)19/h3-9H,1-2H3,(H,16,20). The summed E-state index contributed by atoms with van der Waals surface area (Å²) >= 11 is 0. The van der Waals surface area contributed by atoms with Crippen LogP contribution in [-0.2, 0) is 4.79 Å². The summed E-state index contributed by atoms with van der Waals surface area (Å²) in [7, 11) is 0. The normalized spacial score (nSPS) is 11.7. The summed E-state index contributed by atoms with van der Waals surface area (Å²) < 4.78 is 1.21. The van der Waals surface area contributed by atoms with Crippen molar-refractivity contribution < 1.29 is 14.5 Å². The minimum atomic E-state index is -0.727. The number of Topliss-reactive ketones (excluding diaryl/α,β-unsaturated/α-hetero) is 1. The Kier molecular flexibility index (Phi) is 4.31. The van der Waals surface area contributed by atoms with Crippen molar-refractivity contribution >= 4 is 23.1 Å². The van der Waals surface area contributed by atoms with Gasteiger partial charge in [-0.2, -0.15) is 5.10 Å². The zero-order valence-electron chi connectivity index (χ0n) is 12.0. The van der Waals surface area contributed by atoms with E-state index >= 15 is 0 Å². The molecule has 0 aliphatic heterocycles. The summed E-state index contributed by atoms with van der Waals surface area (Å²) in [5, 5.41) is 17.1. The highest BCUT2D eigenvalue weighted by Crippen LogP contribution is 2.16. The molecule has 2 rings (SSSR count). The van der Waals surface area contributed by atoms with Gasteiger partial charge in [0.1, 0.15) is 18.4 Å². The summed E-state index contributed by atoms with van der Waals surface area (Å²) in [6.45, 7) is 3.01. The Labute approximate surface area is 125 Å². The van der Waals surface area contributed by atoms with Crippen LogP contribution in [0.2, 0.25) is 0 Å². The minimum Gasteiger partial charge on any atom is -0.324 e. The average molecular weight is 302 g/mol. The fourth-order valence-corrected chi connectivity index (χ4v) is 1.82. The monoisotopic (exact) mass is 302 g/mol. The van der Waals surface area contributed by atoms with Gasteiger partial charge < -0.3 is 5.32 Å². The molecule has 0 fully saturated rings. The smallest absolute Gasteiger partial charge is 0.307 e. The first kappa shape index (κ1) is 15.4. The summed E-state index contributed by atoms with van der Waals surface area (Å²) in [5.74, 6) is -0.495. The maximum atomic E-state index is 12.1. The molecule has 1 N–H and O–H groups in total. The molecular weight excluding hydrogens is 288 g/mol. The maximum Gasteiger partial charge on any atom is 0.307 e. The van der Waals surface area contributed by atoms with Crippen LogP contribution in [0.1, 0.15) is 30.2 Å². The van der Waals surface area contributed by atoms with Gasteiger partial charge in [0.25, 0.3) is 0 Å². The van der Waals surface area contributed by atoms with E-state index in [9.17, 15) is 19.7 Å². The Balaban J connectivity index is 2.12. The maximum absolute atomic E-state index is 12.1. The van der Waals surface area contributed by atoms with E-state index in [1.165, 1.54) is 17.8 Å². The van der Waals surface area contributed by atoms with Crippen molar-refractivity contribution in [1.82, 2.24) is 9.78 Å². The van der Waals surface area contributed by atoms with E-state index in [1.54, 1.807) is 31.2 Å². The topological polar surface area (TPSA) is 107 Å². The third-order valence-electron chi connectivity index (χ3n) is 3.11. The minimum absolute atomic E-state index is 0.105. The first-order valence-electron chi connectivity index (χ1n) is 6.49. The van der Waals surface area contributed by atoms with Crippen LogP contribution in [0.5, 0.6) is 0 Å². The lowest BCUT2D eigenvalue weighted by Crippen LogP contribution is -2.24. The molecule has 0 aliphatic rings. The van der Waals surface area contributed by atoms with Crippen LogP contribution in [-0.4, -0.2) is 26.4 Å². The zero-order chi connectivity index (χ0) is 16.3. The van der Waals surface area contributed by atoms with E-state index in [0.29, 0.717) is 11.3 Å². The van der Waals surface area contributed by atoms with Crippen molar-refractivity contribution in [2.75, 3.05) is 5.32 Å². The number of benzene rings is 1. The molecule has 0 radical (unpaired) electrons. The molecule has 1 amide bonds. The number of amides is 1. The second kappa shape index (κ2) is 6.17. The molecular formula is C14H14N4O4.